The minimum absolute atomic E-state index is 0.0337. The van der Waals surface area contributed by atoms with Gasteiger partial charge in [0.15, 0.2) is 0 Å². The molecule has 2 rings (SSSR count). The molecule has 0 atom stereocenters. The average molecular weight is 381 g/mol. The minimum atomic E-state index is -0.0337. The van der Waals surface area contributed by atoms with Crippen LogP contribution in [0.3, 0.4) is 0 Å². The van der Waals surface area contributed by atoms with E-state index in [0.717, 1.165) is 32.7 Å². The summed E-state index contributed by atoms with van der Waals surface area (Å²) in [6.45, 7) is 9.49. The molecule has 0 aromatic heterocycles. The van der Waals surface area contributed by atoms with E-state index in [4.69, 9.17) is 11.6 Å². The molecular formula is C19H29ClN4O2. The zero-order valence-corrected chi connectivity index (χ0v) is 16.4. The van der Waals surface area contributed by atoms with E-state index < -0.39 is 0 Å². The van der Waals surface area contributed by atoms with E-state index in [-0.39, 0.29) is 11.8 Å². The highest BCUT2D eigenvalue weighted by Gasteiger charge is 2.19. The smallest absolute Gasteiger partial charge is 0.234 e. The zero-order valence-electron chi connectivity index (χ0n) is 15.6. The Morgan fingerprint density at radius 3 is 2.38 bits per heavy atom. The van der Waals surface area contributed by atoms with Crippen molar-refractivity contribution >= 4 is 29.1 Å². The maximum Gasteiger partial charge on any atom is 0.234 e. The molecule has 1 aromatic rings. The normalized spacial score (nSPS) is 15.8. The lowest BCUT2D eigenvalue weighted by atomic mass is 10.2. The van der Waals surface area contributed by atoms with Crippen LogP contribution >= 0.6 is 11.6 Å². The zero-order chi connectivity index (χ0) is 18.9. The first-order valence-electron chi connectivity index (χ1n) is 9.20. The Labute approximate surface area is 160 Å². The van der Waals surface area contributed by atoms with Crippen LogP contribution in [0.1, 0.15) is 20.3 Å². The van der Waals surface area contributed by atoms with Gasteiger partial charge in [0.25, 0.3) is 0 Å². The number of amides is 2. The number of para-hydroxylation sites is 1. The Hall–Kier alpha value is -1.63. The molecule has 1 heterocycles. The number of hydrogen-bond acceptors (Lipinski definition) is 4. The van der Waals surface area contributed by atoms with Crippen molar-refractivity contribution in [1.82, 2.24) is 15.1 Å². The van der Waals surface area contributed by atoms with Crippen LogP contribution in [0.4, 0.5) is 5.69 Å². The largest absolute Gasteiger partial charge is 0.355 e. The van der Waals surface area contributed by atoms with Crippen LogP contribution in [0.15, 0.2) is 24.3 Å². The Morgan fingerprint density at radius 2 is 1.73 bits per heavy atom. The van der Waals surface area contributed by atoms with Gasteiger partial charge in [0.1, 0.15) is 0 Å². The van der Waals surface area contributed by atoms with E-state index in [0.29, 0.717) is 36.1 Å². The Balaban J connectivity index is 1.63. The van der Waals surface area contributed by atoms with Crippen LogP contribution in [0, 0.1) is 5.92 Å². The van der Waals surface area contributed by atoms with Gasteiger partial charge in [-0.2, -0.15) is 0 Å². The molecule has 6 nitrogen and oxygen atoms in total. The number of hydrogen-bond donors (Lipinski definition) is 2. The van der Waals surface area contributed by atoms with Crippen LogP contribution < -0.4 is 10.6 Å². The summed E-state index contributed by atoms with van der Waals surface area (Å²) in [5, 5.41) is 6.34. The summed E-state index contributed by atoms with van der Waals surface area (Å²) in [7, 11) is 0. The molecule has 0 radical (unpaired) electrons. The van der Waals surface area contributed by atoms with Crippen molar-refractivity contribution in [3.05, 3.63) is 29.3 Å². The number of piperazine rings is 1. The van der Waals surface area contributed by atoms with Gasteiger partial charge in [-0.05, 0) is 18.1 Å². The van der Waals surface area contributed by atoms with E-state index >= 15 is 0 Å². The molecule has 2 N–H and O–H groups in total. The molecule has 26 heavy (non-hydrogen) atoms. The van der Waals surface area contributed by atoms with Crippen molar-refractivity contribution in [3.8, 4) is 0 Å². The number of rotatable bonds is 8. The van der Waals surface area contributed by atoms with Crippen molar-refractivity contribution in [2.75, 3.05) is 51.1 Å². The molecule has 7 heteroatoms. The summed E-state index contributed by atoms with van der Waals surface area (Å²) in [4.78, 5) is 28.4. The van der Waals surface area contributed by atoms with Crippen molar-refractivity contribution in [1.29, 1.82) is 0 Å². The second-order valence-electron chi connectivity index (χ2n) is 7.09. The highest BCUT2D eigenvalue weighted by atomic mass is 35.5. The molecule has 144 valence electrons. The molecule has 1 aliphatic heterocycles. The van der Waals surface area contributed by atoms with E-state index in [2.05, 4.69) is 34.3 Å². The molecule has 1 fully saturated rings. The maximum absolute atomic E-state index is 12.1. The molecule has 0 saturated carbocycles. The number of benzene rings is 1. The fourth-order valence-corrected chi connectivity index (χ4v) is 2.97. The summed E-state index contributed by atoms with van der Waals surface area (Å²) in [6, 6.07) is 7.23. The lowest BCUT2D eigenvalue weighted by molar-refractivity contribution is -0.122. The SMILES string of the molecule is CC(C)CNC(=O)CN1CCN(CCC(=O)Nc2ccccc2Cl)CC1. The van der Waals surface area contributed by atoms with E-state index in [1.54, 1.807) is 12.1 Å². The molecule has 0 spiro atoms. The first-order chi connectivity index (χ1) is 12.4. The highest BCUT2D eigenvalue weighted by Crippen LogP contribution is 2.20. The Bertz CT molecular complexity index is 601. The average Bonchev–Trinajstić information content (AvgIpc) is 2.61. The molecule has 1 aromatic carbocycles. The number of halogens is 1. The molecule has 2 amide bonds. The number of carbonyl (C=O) groups is 2. The van der Waals surface area contributed by atoms with Gasteiger partial charge in [-0.3, -0.25) is 14.5 Å². The third-order valence-electron chi connectivity index (χ3n) is 4.34. The van der Waals surface area contributed by atoms with Gasteiger partial charge in [-0.1, -0.05) is 37.6 Å². The molecule has 1 aliphatic rings. The van der Waals surface area contributed by atoms with Gasteiger partial charge >= 0.3 is 0 Å². The van der Waals surface area contributed by atoms with Crippen LogP contribution in [-0.4, -0.2) is 67.4 Å². The molecule has 0 unspecified atom stereocenters. The second-order valence-corrected chi connectivity index (χ2v) is 7.50. The highest BCUT2D eigenvalue weighted by molar-refractivity contribution is 6.33. The maximum atomic E-state index is 12.1. The van der Waals surface area contributed by atoms with E-state index in [9.17, 15) is 9.59 Å². The van der Waals surface area contributed by atoms with Crippen LogP contribution in [0.25, 0.3) is 0 Å². The molecule has 0 bridgehead atoms. The van der Waals surface area contributed by atoms with Gasteiger partial charge in [0, 0.05) is 45.7 Å². The predicted molar refractivity (Wildman–Crippen MR) is 105 cm³/mol. The van der Waals surface area contributed by atoms with Crippen molar-refractivity contribution in [2.24, 2.45) is 5.92 Å². The van der Waals surface area contributed by atoms with Gasteiger partial charge < -0.3 is 15.5 Å². The number of carbonyl (C=O) groups excluding carboxylic acids is 2. The molecule has 1 saturated heterocycles. The van der Waals surface area contributed by atoms with E-state index in [1.807, 2.05) is 12.1 Å². The first-order valence-corrected chi connectivity index (χ1v) is 9.57. The van der Waals surface area contributed by atoms with E-state index in [1.165, 1.54) is 0 Å². The summed E-state index contributed by atoms with van der Waals surface area (Å²) < 4.78 is 0. The van der Waals surface area contributed by atoms with Crippen molar-refractivity contribution < 1.29 is 9.59 Å². The Morgan fingerprint density at radius 1 is 1.08 bits per heavy atom. The predicted octanol–water partition coefficient (Wildman–Crippen LogP) is 2.06. The topological polar surface area (TPSA) is 64.7 Å². The fourth-order valence-electron chi connectivity index (χ4n) is 2.78. The quantitative estimate of drug-likeness (QED) is 0.724. The van der Waals surface area contributed by atoms with Crippen molar-refractivity contribution in [3.63, 3.8) is 0 Å². The number of nitrogens with zero attached hydrogens (tertiary/aromatic N) is 2. The van der Waals surface area contributed by atoms with Gasteiger partial charge in [0.2, 0.25) is 11.8 Å². The lowest BCUT2D eigenvalue weighted by Crippen LogP contribution is -2.50. The summed E-state index contributed by atoms with van der Waals surface area (Å²) >= 11 is 6.05. The third kappa shape index (κ3) is 7.32. The van der Waals surface area contributed by atoms with Gasteiger partial charge in [-0.25, -0.2) is 0 Å². The van der Waals surface area contributed by atoms with Crippen LogP contribution in [0.5, 0.6) is 0 Å². The fraction of sp³-hybridized carbons (Fsp3) is 0.579. The first kappa shape index (κ1) is 20.7. The lowest BCUT2D eigenvalue weighted by Gasteiger charge is -2.34. The number of nitrogens with one attached hydrogen (secondary N) is 2. The standard InChI is InChI=1S/C19H29ClN4O2/c1-15(2)13-21-19(26)14-24-11-9-23(10-12-24)8-7-18(25)22-17-6-4-3-5-16(17)20/h3-6,15H,7-14H2,1-2H3,(H,21,26)(H,22,25). The number of anilines is 1. The minimum Gasteiger partial charge on any atom is -0.355 e. The molecular weight excluding hydrogens is 352 g/mol. The summed E-state index contributed by atoms with van der Waals surface area (Å²) in [5.41, 5.74) is 0.649. The van der Waals surface area contributed by atoms with Crippen LogP contribution in [-0.2, 0) is 9.59 Å². The Kier molecular flexibility index (Phi) is 8.35. The van der Waals surface area contributed by atoms with Crippen LogP contribution in [0.2, 0.25) is 5.02 Å². The second kappa shape index (κ2) is 10.5. The van der Waals surface area contributed by atoms with Gasteiger partial charge in [-0.15, -0.1) is 0 Å². The monoisotopic (exact) mass is 380 g/mol. The molecule has 0 aliphatic carbocycles. The van der Waals surface area contributed by atoms with Crippen molar-refractivity contribution in [2.45, 2.75) is 20.3 Å². The summed E-state index contributed by atoms with van der Waals surface area (Å²) in [6.07, 6.45) is 0.431. The van der Waals surface area contributed by atoms with Gasteiger partial charge in [0.05, 0.1) is 17.3 Å². The third-order valence-corrected chi connectivity index (χ3v) is 4.67. The summed E-state index contributed by atoms with van der Waals surface area (Å²) in [5.74, 6) is 0.521.